The van der Waals surface area contributed by atoms with E-state index >= 15 is 0 Å². The molecule has 1 N–H and O–H groups in total. The van der Waals surface area contributed by atoms with Crippen LogP contribution >= 0.6 is 11.8 Å². The molecule has 2 aromatic rings. The monoisotopic (exact) mass is 420 g/mol. The molecule has 1 amide bonds. The maximum absolute atomic E-state index is 12.2. The molecule has 1 aliphatic rings. The molecule has 0 saturated carbocycles. The lowest BCUT2D eigenvalue weighted by molar-refractivity contribution is -0.758. The van der Waals surface area contributed by atoms with Crippen molar-refractivity contribution in [1.82, 2.24) is 5.27 Å². The molecule has 1 aromatic carbocycles. The second kappa shape index (κ2) is 9.64. The number of thioether (sulfide) groups is 1. The highest BCUT2D eigenvalue weighted by Gasteiger charge is 2.28. The number of carbonyl (C=O) groups excluding carboxylic acids is 2. The minimum Gasteiger partial charge on any atom is -0.495 e. The lowest BCUT2D eigenvalue weighted by Crippen LogP contribution is -2.65. The van der Waals surface area contributed by atoms with Gasteiger partial charge in [-0.1, -0.05) is 30.8 Å². The highest BCUT2D eigenvalue weighted by molar-refractivity contribution is 8.13. The number of ether oxygens (including phenoxy) is 1. The Morgan fingerprint density at radius 1 is 1.31 bits per heavy atom. The summed E-state index contributed by atoms with van der Waals surface area (Å²) in [5.41, 5.74) is 1.07. The van der Waals surface area contributed by atoms with E-state index in [2.05, 4.69) is 21.6 Å². The van der Waals surface area contributed by atoms with Crippen LogP contribution in [0.25, 0.3) is 0 Å². The maximum atomic E-state index is 12.2. The van der Waals surface area contributed by atoms with Crippen molar-refractivity contribution in [2.24, 2.45) is 5.92 Å². The van der Waals surface area contributed by atoms with Crippen LogP contribution in [0.5, 0.6) is 5.75 Å². The number of piperazine rings is 1. The van der Waals surface area contributed by atoms with Crippen molar-refractivity contribution in [2.75, 3.05) is 54.3 Å². The quantitative estimate of drug-likeness (QED) is 0.670. The summed E-state index contributed by atoms with van der Waals surface area (Å²) < 4.78 is 10.7. The molecular weight excluding hydrogens is 394 g/mol. The molecule has 3 rings (SSSR count). The molecule has 0 unspecified atom stereocenters. The van der Waals surface area contributed by atoms with Crippen LogP contribution in [0.4, 0.5) is 11.6 Å². The van der Waals surface area contributed by atoms with Gasteiger partial charge in [0.2, 0.25) is 11.2 Å². The van der Waals surface area contributed by atoms with Crippen LogP contribution in [0.15, 0.2) is 35.0 Å². The van der Waals surface area contributed by atoms with Gasteiger partial charge in [0.1, 0.15) is 5.75 Å². The number of nitrogens with zero attached hydrogens (tertiary/aromatic N) is 4. The minimum atomic E-state index is -0.313. The van der Waals surface area contributed by atoms with E-state index in [0.717, 1.165) is 49.4 Å². The van der Waals surface area contributed by atoms with E-state index in [1.165, 1.54) is 6.92 Å². The predicted octanol–water partition coefficient (Wildman–Crippen LogP) is 1.28. The Morgan fingerprint density at radius 2 is 2.03 bits per heavy atom. The van der Waals surface area contributed by atoms with E-state index in [1.807, 2.05) is 23.2 Å². The van der Waals surface area contributed by atoms with Gasteiger partial charge in [0.25, 0.3) is 6.20 Å². The van der Waals surface area contributed by atoms with E-state index in [9.17, 15) is 9.59 Å². The lowest BCUT2D eigenvalue weighted by atomic mass is 10.2. The van der Waals surface area contributed by atoms with Crippen molar-refractivity contribution in [3.63, 3.8) is 0 Å². The SMILES string of the molecule is COc1ccccc1N1CCN([n+]2cc(NC(=O)[C@H](C)CSC(C)=O)on2)CC1. The second-order valence-corrected chi connectivity index (χ2v) is 7.99. The molecule has 156 valence electrons. The first-order valence-electron chi connectivity index (χ1n) is 9.44. The molecule has 29 heavy (non-hydrogen) atoms. The summed E-state index contributed by atoms with van der Waals surface area (Å²) in [4.78, 5) is 27.1. The molecule has 9 nitrogen and oxygen atoms in total. The third-order valence-corrected chi connectivity index (χ3v) is 5.73. The summed E-state index contributed by atoms with van der Waals surface area (Å²) in [5, 5.41) is 8.75. The number of methoxy groups -OCH3 is 1. The van der Waals surface area contributed by atoms with Gasteiger partial charge in [-0.05, 0) is 12.1 Å². The van der Waals surface area contributed by atoms with E-state index in [1.54, 1.807) is 25.0 Å². The molecule has 1 atom stereocenters. The van der Waals surface area contributed by atoms with Crippen molar-refractivity contribution >= 4 is 34.4 Å². The highest BCUT2D eigenvalue weighted by atomic mass is 32.2. The zero-order valence-electron chi connectivity index (χ0n) is 16.8. The molecule has 1 saturated heterocycles. The van der Waals surface area contributed by atoms with Crippen LogP contribution < -0.4 is 24.8 Å². The number of hydrogen-bond acceptors (Lipinski definition) is 8. The van der Waals surface area contributed by atoms with E-state index in [0.29, 0.717) is 5.75 Å². The van der Waals surface area contributed by atoms with E-state index < -0.39 is 0 Å². The molecule has 0 radical (unpaired) electrons. The second-order valence-electron chi connectivity index (χ2n) is 6.79. The van der Waals surface area contributed by atoms with Crippen LogP contribution in [0, 0.1) is 5.92 Å². The van der Waals surface area contributed by atoms with Gasteiger partial charge >= 0.3 is 5.88 Å². The number of aromatic nitrogens is 2. The van der Waals surface area contributed by atoms with Gasteiger partial charge in [-0.25, -0.2) is 0 Å². The Hall–Kier alpha value is -2.75. The number of para-hydroxylation sites is 2. The Kier molecular flexibility index (Phi) is 6.97. The number of amides is 1. The molecule has 10 heteroatoms. The molecule has 0 spiro atoms. The average Bonchev–Trinajstić information content (AvgIpc) is 3.20. The van der Waals surface area contributed by atoms with Gasteiger partial charge in [0, 0.05) is 31.7 Å². The van der Waals surface area contributed by atoms with Crippen molar-refractivity contribution in [2.45, 2.75) is 13.8 Å². The standard InChI is InChI=1S/C19H25N5O4S/c1-14(13-29-15(2)25)19(26)20-18-12-24(21-28-18)23-10-8-22(9-11-23)16-6-4-5-7-17(16)27-3/h4-7,12,14H,8-11,13H2,1-3H3/p+1/t14-/m1/s1. The molecule has 1 fully saturated rings. The average molecular weight is 421 g/mol. The molecule has 2 heterocycles. The Labute approximate surface area is 173 Å². The third kappa shape index (κ3) is 5.41. The minimum absolute atomic E-state index is 0.00516. The summed E-state index contributed by atoms with van der Waals surface area (Å²) in [5.74, 6) is 1.05. The van der Waals surface area contributed by atoms with Crippen LogP contribution in [0.2, 0.25) is 0 Å². The molecule has 1 aliphatic heterocycles. The highest BCUT2D eigenvalue weighted by Crippen LogP contribution is 2.27. The first-order valence-corrected chi connectivity index (χ1v) is 10.4. The third-order valence-electron chi connectivity index (χ3n) is 4.66. The largest absolute Gasteiger partial charge is 0.495 e. The fourth-order valence-electron chi connectivity index (χ4n) is 3.02. The van der Waals surface area contributed by atoms with Gasteiger partial charge in [-0.15, -0.1) is 5.01 Å². The number of nitrogens with one attached hydrogen (secondary N) is 1. The van der Waals surface area contributed by atoms with Gasteiger partial charge in [0.05, 0.1) is 30.7 Å². The van der Waals surface area contributed by atoms with Crippen molar-refractivity contribution in [3.05, 3.63) is 30.5 Å². The molecule has 0 bridgehead atoms. The predicted molar refractivity (Wildman–Crippen MR) is 111 cm³/mol. The number of carbonyl (C=O) groups is 2. The van der Waals surface area contributed by atoms with Gasteiger partial charge < -0.3 is 9.64 Å². The topological polar surface area (TPSA) is 91.8 Å². The Balaban J connectivity index is 1.54. The zero-order chi connectivity index (χ0) is 20.8. The first-order chi connectivity index (χ1) is 14.0. The summed E-state index contributed by atoms with van der Waals surface area (Å²) >= 11 is 1.13. The van der Waals surface area contributed by atoms with Gasteiger partial charge in [-0.2, -0.15) is 0 Å². The zero-order valence-corrected chi connectivity index (χ0v) is 17.6. The van der Waals surface area contributed by atoms with Crippen molar-refractivity contribution in [1.29, 1.82) is 0 Å². The van der Waals surface area contributed by atoms with Gasteiger partial charge in [-0.3, -0.25) is 19.4 Å². The van der Waals surface area contributed by atoms with Crippen LogP contribution in [-0.4, -0.2) is 55.3 Å². The normalized spacial score (nSPS) is 15.1. The summed E-state index contributed by atoms with van der Waals surface area (Å²) in [6.45, 7) is 6.36. The van der Waals surface area contributed by atoms with Crippen LogP contribution in [0.1, 0.15) is 13.8 Å². The van der Waals surface area contributed by atoms with Crippen molar-refractivity contribution in [3.8, 4) is 5.75 Å². The Morgan fingerprint density at radius 3 is 2.72 bits per heavy atom. The molecule has 0 aliphatic carbocycles. The van der Waals surface area contributed by atoms with Crippen LogP contribution in [-0.2, 0) is 9.59 Å². The van der Waals surface area contributed by atoms with E-state index in [-0.39, 0.29) is 22.8 Å². The smallest absolute Gasteiger partial charge is 0.305 e. The number of hydrogen-bond donors (Lipinski definition) is 1. The molecular formula is C19H26N5O4S+. The van der Waals surface area contributed by atoms with E-state index in [4.69, 9.17) is 9.26 Å². The number of anilines is 2. The fraction of sp³-hybridized carbons (Fsp3) is 0.474. The maximum Gasteiger partial charge on any atom is 0.305 e. The summed E-state index contributed by atoms with van der Waals surface area (Å²) in [6.07, 6.45) is 1.65. The number of rotatable bonds is 7. The molecule has 1 aromatic heterocycles. The fourth-order valence-corrected chi connectivity index (χ4v) is 3.66. The first kappa shape index (κ1) is 21.0. The van der Waals surface area contributed by atoms with Crippen molar-refractivity contribution < 1.29 is 23.6 Å². The number of benzene rings is 1. The van der Waals surface area contributed by atoms with Gasteiger partial charge in [0.15, 0.2) is 5.12 Å². The summed E-state index contributed by atoms with van der Waals surface area (Å²) in [6, 6.07) is 7.97. The Bertz CT molecular complexity index is 851. The lowest BCUT2D eigenvalue weighted by Gasteiger charge is -2.32. The summed E-state index contributed by atoms with van der Waals surface area (Å²) in [7, 11) is 1.68. The van der Waals surface area contributed by atoms with Crippen LogP contribution in [0.3, 0.4) is 0 Å².